The lowest BCUT2D eigenvalue weighted by Crippen LogP contribution is -2.27. The maximum absolute atomic E-state index is 14.0. The molecular weight excluding hydrogens is 524 g/mol. The summed E-state index contributed by atoms with van der Waals surface area (Å²) < 4.78 is 1.74. The number of rotatable bonds is 7. The maximum atomic E-state index is 14.0. The van der Waals surface area contributed by atoms with Crippen molar-refractivity contribution < 1.29 is 14.7 Å². The van der Waals surface area contributed by atoms with E-state index in [-0.39, 0.29) is 22.9 Å². The van der Waals surface area contributed by atoms with Gasteiger partial charge in [0.15, 0.2) is 0 Å². The monoisotopic (exact) mass is 552 g/mol. The summed E-state index contributed by atoms with van der Waals surface area (Å²) >= 11 is 0. The van der Waals surface area contributed by atoms with Gasteiger partial charge in [0.05, 0.1) is 17.2 Å². The van der Waals surface area contributed by atoms with E-state index in [0.29, 0.717) is 11.1 Å². The molecule has 0 aliphatic heterocycles. The second kappa shape index (κ2) is 9.96. The molecule has 1 saturated carbocycles. The number of amides is 1. The third kappa shape index (κ3) is 4.39. The van der Waals surface area contributed by atoms with Crippen molar-refractivity contribution in [3.63, 3.8) is 0 Å². The Balaban J connectivity index is 1.33. The average Bonchev–Trinajstić information content (AvgIpc) is 3.72. The topological polar surface area (TPSA) is 96.6 Å². The number of nitrogens with one attached hydrogen (secondary N) is 1. The van der Waals surface area contributed by atoms with Crippen LogP contribution >= 0.6 is 0 Å². The van der Waals surface area contributed by atoms with Crippen LogP contribution in [0.4, 0.5) is 0 Å². The van der Waals surface area contributed by atoms with Gasteiger partial charge in [0, 0.05) is 17.2 Å². The lowest BCUT2D eigenvalue weighted by atomic mass is 9.89. The van der Waals surface area contributed by atoms with Gasteiger partial charge >= 0.3 is 5.97 Å². The summed E-state index contributed by atoms with van der Waals surface area (Å²) in [5.74, 6) is -1.23. The molecule has 1 aliphatic carbocycles. The van der Waals surface area contributed by atoms with E-state index in [4.69, 9.17) is 5.10 Å². The molecular formula is C35H28N4O3. The number of hydrogen-bond acceptors (Lipinski definition) is 4. The number of fused-ring (bicyclic) bond motifs is 2. The Labute approximate surface area is 242 Å². The van der Waals surface area contributed by atoms with Crippen molar-refractivity contribution in [3.05, 3.63) is 137 Å². The summed E-state index contributed by atoms with van der Waals surface area (Å²) in [6.45, 7) is 1.89. The SMILES string of the molecule is C[C@H](NC(=O)c1cc(-c2ccccc2)cn2nnc(C3(c4ccc5ccccc5c4)CC3)c12)c1ccc(C(=O)O)cc1. The molecule has 2 aromatic heterocycles. The van der Waals surface area contributed by atoms with Crippen molar-refractivity contribution in [2.24, 2.45) is 0 Å². The first-order valence-corrected chi connectivity index (χ1v) is 14.0. The van der Waals surface area contributed by atoms with E-state index in [1.54, 1.807) is 28.8 Å². The van der Waals surface area contributed by atoms with Crippen LogP contribution < -0.4 is 5.32 Å². The highest BCUT2D eigenvalue weighted by molar-refractivity contribution is 6.03. The molecule has 2 N–H and O–H groups in total. The molecule has 42 heavy (non-hydrogen) atoms. The Kier molecular flexibility index (Phi) is 6.08. The molecule has 7 rings (SSSR count). The molecule has 2 heterocycles. The number of pyridine rings is 1. The summed E-state index contributed by atoms with van der Waals surface area (Å²) in [6, 6.07) is 32.9. The van der Waals surface area contributed by atoms with Crippen LogP contribution in [0, 0.1) is 0 Å². The lowest BCUT2D eigenvalue weighted by Gasteiger charge is -2.18. The fourth-order valence-corrected chi connectivity index (χ4v) is 5.86. The minimum absolute atomic E-state index is 0.202. The number of carboxylic acid groups (broad SMARTS) is 1. The van der Waals surface area contributed by atoms with E-state index in [9.17, 15) is 14.7 Å². The van der Waals surface area contributed by atoms with Gasteiger partial charge in [-0.1, -0.05) is 90.1 Å². The number of carbonyl (C=O) groups excluding carboxylic acids is 1. The number of nitrogens with zero attached hydrogens (tertiary/aromatic N) is 3. The van der Waals surface area contributed by atoms with Crippen LogP contribution in [-0.2, 0) is 5.41 Å². The predicted molar refractivity (Wildman–Crippen MR) is 162 cm³/mol. The minimum atomic E-state index is -0.987. The van der Waals surface area contributed by atoms with Gasteiger partial charge < -0.3 is 10.4 Å². The number of aromatic carboxylic acids is 1. The summed E-state index contributed by atoms with van der Waals surface area (Å²) in [4.78, 5) is 25.3. The van der Waals surface area contributed by atoms with Crippen molar-refractivity contribution in [1.82, 2.24) is 20.1 Å². The van der Waals surface area contributed by atoms with Crippen LogP contribution in [0.25, 0.3) is 27.4 Å². The van der Waals surface area contributed by atoms with E-state index in [0.717, 1.165) is 35.2 Å². The fraction of sp³-hybridized carbons (Fsp3) is 0.143. The van der Waals surface area contributed by atoms with Crippen molar-refractivity contribution >= 4 is 28.2 Å². The molecule has 0 unspecified atom stereocenters. The fourth-order valence-electron chi connectivity index (χ4n) is 5.86. The lowest BCUT2D eigenvalue weighted by molar-refractivity contribution is 0.0696. The first-order valence-electron chi connectivity index (χ1n) is 14.0. The van der Waals surface area contributed by atoms with Gasteiger partial charge in [-0.2, -0.15) is 0 Å². The zero-order valence-electron chi connectivity index (χ0n) is 23.0. The zero-order valence-corrected chi connectivity index (χ0v) is 23.0. The van der Waals surface area contributed by atoms with E-state index >= 15 is 0 Å². The first kappa shape index (κ1) is 25.7. The van der Waals surface area contributed by atoms with E-state index in [1.807, 2.05) is 61.7 Å². The second-order valence-electron chi connectivity index (χ2n) is 11.0. The molecule has 0 radical (unpaired) electrons. The molecule has 7 heteroatoms. The Hall–Kier alpha value is -5.30. The van der Waals surface area contributed by atoms with Gasteiger partial charge in [0.1, 0.15) is 11.2 Å². The van der Waals surface area contributed by atoms with Gasteiger partial charge in [-0.15, -0.1) is 5.10 Å². The van der Waals surface area contributed by atoms with E-state index in [2.05, 4.69) is 40.9 Å². The highest BCUT2D eigenvalue weighted by Crippen LogP contribution is 2.54. The number of carbonyl (C=O) groups is 2. The molecule has 1 fully saturated rings. The number of aromatic nitrogens is 3. The Morgan fingerprint density at radius 2 is 1.57 bits per heavy atom. The largest absolute Gasteiger partial charge is 0.478 e. The number of carboxylic acids is 1. The predicted octanol–water partition coefficient (Wildman–Crippen LogP) is 6.82. The molecule has 7 nitrogen and oxygen atoms in total. The molecule has 0 spiro atoms. The quantitative estimate of drug-likeness (QED) is 0.227. The van der Waals surface area contributed by atoms with Gasteiger partial charge in [-0.25, -0.2) is 9.31 Å². The van der Waals surface area contributed by atoms with Crippen LogP contribution in [-0.4, -0.2) is 31.8 Å². The minimum Gasteiger partial charge on any atom is -0.478 e. The third-order valence-corrected chi connectivity index (χ3v) is 8.37. The van der Waals surface area contributed by atoms with Gasteiger partial charge in [0.2, 0.25) is 0 Å². The molecule has 4 aromatic carbocycles. The zero-order chi connectivity index (χ0) is 28.8. The van der Waals surface area contributed by atoms with Crippen molar-refractivity contribution in [2.75, 3.05) is 0 Å². The number of benzene rings is 4. The molecule has 206 valence electrons. The van der Waals surface area contributed by atoms with E-state index < -0.39 is 5.97 Å². The van der Waals surface area contributed by atoms with Gasteiger partial charge in [-0.05, 0) is 65.4 Å². The van der Waals surface area contributed by atoms with Gasteiger partial charge in [0.25, 0.3) is 5.91 Å². The molecule has 6 aromatic rings. The molecule has 0 bridgehead atoms. The van der Waals surface area contributed by atoms with Crippen molar-refractivity contribution in [2.45, 2.75) is 31.2 Å². The van der Waals surface area contributed by atoms with Crippen LogP contribution in [0.3, 0.4) is 0 Å². The summed E-state index contributed by atoms with van der Waals surface area (Å²) in [6.07, 6.45) is 3.78. The smallest absolute Gasteiger partial charge is 0.335 e. The average molecular weight is 553 g/mol. The standard InChI is InChI=1S/C35H28N4O3/c1-22(23-11-13-26(14-12-23)34(41)42)36-33(40)30-20-28(24-7-3-2-4-8-24)21-39-31(30)32(37-38-39)35(17-18-35)29-16-15-25-9-5-6-10-27(25)19-29/h2-16,19-22H,17-18H2,1H3,(H,36,40)(H,41,42)/t22-/m0/s1. The number of hydrogen-bond donors (Lipinski definition) is 2. The Morgan fingerprint density at radius 1 is 0.857 bits per heavy atom. The van der Waals surface area contributed by atoms with Crippen LogP contribution in [0.1, 0.15) is 63.3 Å². The van der Waals surface area contributed by atoms with Crippen molar-refractivity contribution in [3.8, 4) is 11.1 Å². The normalized spacial score (nSPS) is 14.5. The van der Waals surface area contributed by atoms with Crippen LogP contribution in [0.2, 0.25) is 0 Å². The highest BCUT2D eigenvalue weighted by atomic mass is 16.4. The maximum Gasteiger partial charge on any atom is 0.335 e. The summed E-state index contributed by atoms with van der Waals surface area (Å²) in [5, 5.41) is 24.0. The summed E-state index contributed by atoms with van der Waals surface area (Å²) in [5.41, 5.74) is 5.71. The van der Waals surface area contributed by atoms with Crippen molar-refractivity contribution in [1.29, 1.82) is 0 Å². The Morgan fingerprint density at radius 3 is 2.29 bits per heavy atom. The molecule has 1 atom stereocenters. The Bertz CT molecular complexity index is 1980. The first-order chi connectivity index (χ1) is 20.4. The highest BCUT2D eigenvalue weighted by Gasteiger charge is 2.50. The third-order valence-electron chi connectivity index (χ3n) is 8.37. The molecule has 1 aliphatic rings. The molecule has 0 saturated heterocycles. The van der Waals surface area contributed by atoms with Gasteiger partial charge in [-0.3, -0.25) is 4.79 Å². The van der Waals surface area contributed by atoms with Crippen LogP contribution in [0.15, 0.2) is 109 Å². The van der Waals surface area contributed by atoms with Crippen LogP contribution in [0.5, 0.6) is 0 Å². The summed E-state index contributed by atoms with van der Waals surface area (Å²) in [7, 11) is 0. The molecule has 1 amide bonds. The van der Waals surface area contributed by atoms with E-state index in [1.165, 1.54) is 16.3 Å². The second-order valence-corrected chi connectivity index (χ2v) is 11.0.